The molecular weight excluding hydrogens is 333 g/mol. The van der Waals surface area contributed by atoms with Gasteiger partial charge >= 0.3 is 0 Å². The van der Waals surface area contributed by atoms with Crippen LogP contribution in [0.3, 0.4) is 0 Å². The van der Waals surface area contributed by atoms with E-state index >= 15 is 0 Å². The highest BCUT2D eigenvalue weighted by molar-refractivity contribution is 14.1. The predicted octanol–water partition coefficient (Wildman–Crippen LogP) is 3.50. The molecule has 2 aromatic rings. The van der Waals surface area contributed by atoms with E-state index in [-0.39, 0.29) is 0 Å². The first kappa shape index (κ1) is 11.9. The van der Waals surface area contributed by atoms with Gasteiger partial charge in [0, 0.05) is 20.7 Å². The third kappa shape index (κ3) is 3.20. The third-order valence-electron chi connectivity index (χ3n) is 2.22. The van der Waals surface area contributed by atoms with E-state index in [0.29, 0.717) is 6.54 Å². The molecule has 0 fully saturated rings. The summed E-state index contributed by atoms with van der Waals surface area (Å²) < 4.78 is 1.21. The van der Waals surface area contributed by atoms with Crippen molar-refractivity contribution in [2.75, 3.05) is 11.9 Å². The van der Waals surface area contributed by atoms with E-state index in [0.717, 1.165) is 10.6 Å². The molecule has 4 heteroatoms. The van der Waals surface area contributed by atoms with Crippen LogP contribution in [0.25, 0.3) is 0 Å². The number of aliphatic hydroxyl groups excluding tert-OH is 1. The largest absolute Gasteiger partial charge is 0.386 e. The summed E-state index contributed by atoms with van der Waals surface area (Å²) in [6, 6.07) is 12.0. The minimum atomic E-state index is -0.431. The summed E-state index contributed by atoms with van der Waals surface area (Å²) >= 11 is 3.85. The highest BCUT2D eigenvalue weighted by Gasteiger charge is 2.07. The maximum atomic E-state index is 9.87. The number of rotatable bonds is 4. The Hall–Kier alpha value is -0.590. The molecule has 0 radical (unpaired) electrons. The van der Waals surface area contributed by atoms with Crippen LogP contribution in [0.1, 0.15) is 11.0 Å². The molecule has 16 heavy (non-hydrogen) atoms. The minimum Gasteiger partial charge on any atom is -0.386 e. The number of nitrogens with one attached hydrogen (secondary N) is 1. The van der Waals surface area contributed by atoms with Crippen molar-refractivity contribution in [3.8, 4) is 0 Å². The van der Waals surface area contributed by atoms with Crippen molar-refractivity contribution in [1.29, 1.82) is 0 Å². The topological polar surface area (TPSA) is 32.3 Å². The second-order valence-corrected chi connectivity index (χ2v) is 5.64. The molecule has 1 unspecified atom stereocenters. The molecule has 0 saturated heterocycles. The van der Waals surface area contributed by atoms with Gasteiger partial charge in [0.05, 0.1) is 0 Å². The monoisotopic (exact) mass is 345 g/mol. The fourth-order valence-electron chi connectivity index (χ4n) is 1.36. The van der Waals surface area contributed by atoms with Crippen molar-refractivity contribution < 1.29 is 5.11 Å². The van der Waals surface area contributed by atoms with Crippen LogP contribution in [0.4, 0.5) is 5.69 Å². The molecule has 0 bridgehead atoms. The van der Waals surface area contributed by atoms with Gasteiger partial charge in [-0.3, -0.25) is 0 Å². The predicted molar refractivity (Wildman–Crippen MR) is 76.9 cm³/mol. The van der Waals surface area contributed by atoms with Gasteiger partial charge in [0.15, 0.2) is 0 Å². The quantitative estimate of drug-likeness (QED) is 0.832. The highest BCUT2D eigenvalue weighted by Crippen LogP contribution is 2.19. The van der Waals surface area contributed by atoms with Gasteiger partial charge in [-0.05, 0) is 58.3 Å². The average molecular weight is 345 g/mol. The Labute approximate surface area is 112 Å². The summed E-state index contributed by atoms with van der Waals surface area (Å²) in [5, 5.41) is 15.1. The van der Waals surface area contributed by atoms with Crippen LogP contribution in [-0.2, 0) is 0 Å². The molecule has 84 valence electrons. The van der Waals surface area contributed by atoms with E-state index in [9.17, 15) is 5.11 Å². The van der Waals surface area contributed by atoms with E-state index in [1.54, 1.807) is 11.3 Å². The van der Waals surface area contributed by atoms with Gasteiger partial charge < -0.3 is 10.4 Å². The average Bonchev–Trinajstić information content (AvgIpc) is 2.81. The van der Waals surface area contributed by atoms with Crippen LogP contribution in [0.15, 0.2) is 41.8 Å². The van der Waals surface area contributed by atoms with Crippen LogP contribution in [0.2, 0.25) is 0 Å². The zero-order valence-electron chi connectivity index (χ0n) is 8.56. The van der Waals surface area contributed by atoms with E-state index < -0.39 is 6.10 Å². The molecule has 2 nitrogen and oxygen atoms in total. The molecule has 0 aliphatic carbocycles. The van der Waals surface area contributed by atoms with Crippen LogP contribution in [-0.4, -0.2) is 11.7 Å². The number of halogens is 1. The van der Waals surface area contributed by atoms with E-state index in [2.05, 4.69) is 27.9 Å². The van der Waals surface area contributed by atoms with E-state index in [1.165, 1.54) is 3.57 Å². The number of hydrogen-bond acceptors (Lipinski definition) is 3. The lowest BCUT2D eigenvalue weighted by molar-refractivity contribution is 0.195. The Balaban J connectivity index is 1.90. The van der Waals surface area contributed by atoms with Crippen molar-refractivity contribution >= 4 is 39.6 Å². The SMILES string of the molecule is OC(CNc1ccc(I)cc1)c1cccs1. The molecule has 1 heterocycles. The highest BCUT2D eigenvalue weighted by atomic mass is 127. The molecule has 2 N–H and O–H groups in total. The first-order valence-electron chi connectivity index (χ1n) is 4.96. The van der Waals surface area contributed by atoms with Crippen LogP contribution in [0, 0.1) is 3.57 Å². The number of benzene rings is 1. The smallest absolute Gasteiger partial charge is 0.105 e. The van der Waals surface area contributed by atoms with Gasteiger partial charge in [0.25, 0.3) is 0 Å². The van der Waals surface area contributed by atoms with Crippen molar-refractivity contribution in [3.05, 3.63) is 50.2 Å². The lowest BCUT2D eigenvalue weighted by Gasteiger charge is -2.11. The van der Waals surface area contributed by atoms with Crippen molar-refractivity contribution in [3.63, 3.8) is 0 Å². The molecule has 1 aromatic heterocycles. The van der Waals surface area contributed by atoms with Gasteiger partial charge in [-0.2, -0.15) is 0 Å². The second kappa shape index (κ2) is 5.65. The Morgan fingerprint density at radius 2 is 2.00 bits per heavy atom. The Morgan fingerprint density at radius 1 is 1.25 bits per heavy atom. The van der Waals surface area contributed by atoms with Gasteiger partial charge in [0.1, 0.15) is 6.10 Å². The summed E-state index contributed by atoms with van der Waals surface area (Å²) in [6.07, 6.45) is -0.431. The molecule has 2 rings (SSSR count). The summed E-state index contributed by atoms with van der Waals surface area (Å²) in [4.78, 5) is 0.998. The lowest BCUT2D eigenvalue weighted by atomic mass is 10.2. The van der Waals surface area contributed by atoms with Crippen LogP contribution in [0.5, 0.6) is 0 Å². The molecule has 0 aliphatic rings. The van der Waals surface area contributed by atoms with Gasteiger partial charge in [0.2, 0.25) is 0 Å². The Bertz CT molecular complexity index is 427. The molecule has 0 saturated carbocycles. The van der Waals surface area contributed by atoms with Crippen molar-refractivity contribution in [1.82, 2.24) is 0 Å². The van der Waals surface area contributed by atoms with E-state index in [4.69, 9.17) is 0 Å². The maximum absolute atomic E-state index is 9.87. The van der Waals surface area contributed by atoms with Crippen LogP contribution >= 0.6 is 33.9 Å². The second-order valence-electron chi connectivity index (χ2n) is 3.42. The molecule has 0 aliphatic heterocycles. The maximum Gasteiger partial charge on any atom is 0.105 e. The normalized spacial score (nSPS) is 12.4. The van der Waals surface area contributed by atoms with Crippen LogP contribution < -0.4 is 5.32 Å². The standard InChI is InChI=1S/C12H12INOS/c13-9-3-5-10(6-4-9)14-8-11(15)12-2-1-7-16-12/h1-7,11,14-15H,8H2. The van der Waals surface area contributed by atoms with Gasteiger partial charge in [-0.1, -0.05) is 6.07 Å². The first-order valence-corrected chi connectivity index (χ1v) is 6.92. The zero-order chi connectivity index (χ0) is 11.4. The van der Waals surface area contributed by atoms with E-state index in [1.807, 2.05) is 41.8 Å². The Kier molecular flexibility index (Phi) is 4.20. The molecule has 0 spiro atoms. The number of hydrogen-bond donors (Lipinski definition) is 2. The minimum absolute atomic E-state index is 0.431. The fourth-order valence-corrected chi connectivity index (χ4v) is 2.44. The third-order valence-corrected chi connectivity index (χ3v) is 3.91. The van der Waals surface area contributed by atoms with Crippen molar-refractivity contribution in [2.45, 2.75) is 6.10 Å². The summed E-state index contributed by atoms with van der Waals surface area (Å²) in [6.45, 7) is 0.543. The molecule has 1 aromatic carbocycles. The number of anilines is 1. The van der Waals surface area contributed by atoms with Crippen molar-refractivity contribution in [2.24, 2.45) is 0 Å². The molecule has 1 atom stereocenters. The number of thiophene rings is 1. The summed E-state index contributed by atoms with van der Waals surface area (Å²) in [7, 11) is 0. The zero-order valence-corrected chi connectivity index (χ0v) is 11.5. The van der Waals surface area contributed by atoms with Gasteiger partial charge in [-0.15, -0.1) is 11.3 Å². The summed E-state index contributed by atoms with van der Waals surface area (Å²) in [5.74, 6) is 0. The fraction of sp³-hybridized carbons (Fsp3) is 0.167. The molecular formula is C12H12INOS. The lowest BCUT2D eigenvalue weighted by Crippen LogP contribution is -2.10. The Morgan fingerprint density at radius 3 is 2.62 bits per heavy atom. The first-order chi connectivity index (χ1) is 7.75. The molecule has 0 amide bonds. The number of aliphatic hydroxyl groups is 1. The summed E-state index contributed by atoms with van der Waals surface area (Å²) in [5.41, 5.74) is 1.04. The van der Waals surface area contributed by atoms with Gasteiger partial charge in [-0.25, -0.2) is 0 Å².